The molecule has 10 heteroatoms. The molecule has 0 spiro atoms. The van der Waals surface area contributed by atoms with Crippen molar-refractivity contribution in [2.75, 3.05) is 13.1 Å². The average Bonchev–Trinajstić information content (AvgIpc) is 2.65. The molecule has 0 saturated heterocycles. The largest absolute Gasteiger partial charge is 0.481 e. The fourth-order valence-corrected chi connectivity index (χ4v) is 2.30. The van der Waals surface area contributed by atoms with Gasteiger partial charge in [-0.2, -0.15) is 0 Å². The van der Waals surface area contributed by atoms with E-state index in [9.17, 15) is 14.4 Å². The van der Waals surface area contributed by atoms with E-state index in [0.29, 0.717) is 24.9 Å². The van der Waals surface area contributed by atoms with Crippen LogP contribution in [-0.4, -0.2) is 47.3 Å². The fourth-order valence-electron chi connectivity index (χ4n) is 2.30. The Morgan fingerprint density at radius 1 is 1.26 bits per heavy atom. The predicted molar refractivity (Wildman–Crippen MR) is 99.5 cm³/mol. The molecule has 2 amide bonds. The molecule has 0 aliphatic rings. The van der Waals surface area contributed by atoms with Crippen molar-refractivity contribution in [3.63, 3.8) is 0 Å². The van der Waals surface area contributed by atoms with Crippen molar-refractivity contribution in [3.8, 4) is 0 Å². The highest BCUT2D eigenvalue weighted by Gasteiger charge is 2.18. The number of carbonyl (C=O) groups excluding carboxylic acids is 2. The Bertz CT molecular complexity index is 623. The van der Waals surface area contributed by atoms with E-state index in [1.54, 1.807) is 18.3 Å². The SMILES string of the molecule is NNC=NCCCCCC(=O)NCC(=O)NC(CC(=O)O)c1cccnc1. The number of hydrazine groups is 1. The third kappa shape index (κ3) is 10.5. The monoisotopic (exact) mass is 378 g/mol. The Kier molecular flexibility index (Phi) is 10.8. The summed E-state index contributed by atoms with van der Waals surface area (Å²) in [5, 5.41) is 14.1. The summed E-state index contributed by atoms with van der Waals surface area (Å²) in [5.74, 6) is 3.31. The molecule has 0 bridgehead atoms. The lowest BCUT2D eigenvalue weighted by Crippen LogP contribution is -2.39. The van der Waals surface area contributed by atoms with Gasteiger partial charge in [-0.15, -0.1) is 0 Å². The molecule has 148 valence electrons. The Hall–Kier alpha value is -3.01. The van der Waals surface area contributed by atoms with Gasteiger partial charge in [0.1, 0.15) is 0 Å². The van der Waals surface area contributed by atoms with Gasteiger partial charge >= 0.3 is 5.97 Å². The van der Waals surface area contributed by atoms with E-state index in [1.165, 1.54) is 12.5 Å². The number of nitrogens with zero attached hydrogens (tertiary/aromatic N) is 2. The van der Waals surface area contributed by atoms with E-state index >= 15 is 0 Å². The molecule has 0 aliphatic heterocycles. The highest BCUT2D eigenvalue weighted by Crippen LogP contribution is 2.15. The summed E-state index contributed by atoms with van der Waals surface area (Å²) in [4.78, 5) is 42.7. The third-order valence-corrected chi connectivity index (χ3v) is 3.60. The number of nitrogens with one attached hydrogen (secondary N) is 3. The Labute approximate surface area is 157 Å². The van der Waals surface area contributed by atoms with E-state index in [1.807, 2.05) is 0 Å². The number of pyridine rings is 1. The molecule has 1 unspecified atom stereocenters. The molecule has 27 heavy (non-hydrogen) atoms. The zero-order chi connectivity index (χ0) is 19.9. The molecule has 1 aromatic rings. The lowest BCUT2D eigenvalue weighted by Gasteiger charge is -2.17. The first-order chi connectivity index (χ1) is 13.0. The molecule has 1 atom stereocenters. The van der Waals surface area contributed by atoms with Crippen molar-refractivity contribution in [1.29, 1.82) is 0 Å². The topological polar surface area (TPSA) is 159 Å². The van der Waals surface area contributed by atoms with Gasteiger partial charge in [0.2, 0.25) is 11.8 Å². The van der Waals surface area contributed by atoms with Crippen LogP contribution < -0.4 is 21.9 Å². The number of aliphatic carboxylic acids is 1. The maximum absolute atomic E-state index is 12.0. The Morgan fingerprint density at radius 3 is 2.74 bits per heavy atom. The van der Waals surface area contributed by atoms with Crippen molar-refractivity contribution >= 4 is 24.1 Å². The first kappa shape index (κ1) is 22.0. The van der Waals surface area contributed by atoms with Gasteiger partial charge in [0.25, 0.3) is 0 Å². The summed E-state index contributed by atoms with van der Waals surface area (Å²) >= 11 is 0. The number of amides is 2. The molecule has 1 aromatic heterocycles. The smallest absolute Gasteiger partial charge is 0.305 e. The van der Waals surface area contributed by atoms with E-state index < -0.39 is 17.9 Å². The van der Waals surface area contributed by atoms with Gasteiger partial charge in [-0.3, -0.25) is 24.4 Å². The van der Waals surface area contributed by atoms with Crippen molar-refractivity contribution < 1.29 is 19.5 Å². The molecule has 1 heterocycles. The average molecular weight is 378 g/mol. The Balaban J connectivity index is 2.30. The standard InChI is InChI=1S/C17H26N6O4/c18-22-12-20-7-3-1-2-6-15(24)21-11-16(25)23-14(9-17(26)27)13-5-4-8-19-10-13/h4-5,8,10,12,14H,1-3,6-7,9,11,18H2,(H,20,22)(H,21,24)(H,23,25)(H,26,27). The molecular formula is C17H26N6O4. The van der Waals surface area contributed by atoms with E-state index in [4.69, 9.17) is 10.9 Å². The minimum absolute atomic E-state index is 0.207. The van der Waals surface area contributed by atoms with Gasteiger partial charge in [-0.05, 0) is 24.5 Å². The van der Waals surface area contributed by atoms with Crippen LogP contribution in [0.25, 0.3) is 0 Å². The zero-order valence-corrected chi connectivity index (χ0v) is 15.1. The number of carboxylic acids is 1. The van der Waals surface area contributed by atoms with Crippen LogP contribution in [0.5, 0.6) is 0 Å². The number of aromatic nitrogens is 1. The highest BCUT2D eigenvalue weighted by atomic mass is 16.4. The number of hydrogen-bond acceptors (Lipinski definition) is 6. The van der Waals surface area contributed by atoms with Gasteiger partial charge in [-0.1, -0.05) is 12.5 Å². The second-order valence-electron chi connectivity index (χ2n) is 5.79. The molecule has 0 radical (unpaired) electrons. The van der Waals surface area contributed by atoms with E-state index in [2.05, 4.69) is 26.0 Å². The lowest BCUT2D eigenvalue weighted by atomic mass is 10.1. The number of carboxylic acid groups (broad SMARTS) is 1. The van der Waals surface area contributed by atoms with Gasteiger partial charge < -0.3 is 21.2 Å². The minimum Gasteiger partial charge on any atom is -0.481 e. The Morgan fingerprint density at radius 2 is 2.07 bits per heavy atom. The summed E-state index contributed by atoms with van der Waals surface area (Å²) in [6.07, 6.45) is 6.88. The van der Waals surface area contributed by atoms with E-state index in [-0.39, 0.29) is 18.9 Å². The molecule has 0 aromatic carbocycles. The summed E-state index contributed by atoms with van der Waals surface area (Å²) in [6, 6.07) is 2.65. The summed E-state index contributed by atoms with van der Waals surface area (Å²) in [5.41, 5.74) is 2.90. The van der Waals surface area contributed by atoms with Crippen LogP contribution in [0.4, 0.5) is 0 Å². The number of unbranched alkanes of at least 4 members (excludes halogenated alkanes) is 2. The second-order valence-corrected chi connectivity index (χ2v) is 5.79. The van der Waals surface area contributed by atoms with Gasteiger partial charge in [0.15, 0.2) is 0 Å². The quantitative estimate of drug-likeness (QED) is 0.105. The van der Waals surface area contributed by atoms with Gasteiger partial charge in [-0.25, -0.2) is 5.84 Å². The molecule has 0 fully saturated rings. The van der Waals surface area contributed by atoms with Crippen molar-refractivity contribution in [2.24, 2.45) is 10.8 Å². The van der Waals surface area contributed by atoms with Crippen molar-refractivity contribution in [1.82, 2.24) is 21.0 Å². The maximum Gasteiger partial charge on any atom is 0.305 e. The molecule has 0 aliphatic carbocycles. The number of rotatable bonds is 13. The van der Waals surface area contributed by atoms with Crippen molar-refractivity contribution in [2.45, 2.75) is 38.1 Å². The first-order valence-electron chi connectivity index (χ1n) is 8.65. The first-order valence-corrected chi connectivity index (χ1v) is 8.65. The summed E-state index contributed by atoms with van der Waals surface area (Å²) in [7, 11) is 0. The third-order valence-electron chi connectivity index (χ3n) is 3.60. The summed E-state index contributed by atoms with van der Waals surface area (Å²) in [6.45, 7) is 0.426. The number of aliphatic imine (C=N–C) groups is 1. The summed E-state index contributed by atoms with van der Waals surface area (Å²) < 4.78 is 0. The number of carbonyl (C=O) groups is 3. The molecular weight excluding hydrogens is 352 g/mol. The van der Waals surface area contributed by atoms with Gasteiger partial charge in [0, 0.05) is 25.4 Å². The molecule has 10 nitrogen and oxygen atoms in total. The molecule has 0 saturated carbocycles. The van der Waals surface area contributed by atoms with Crippen molar-refractivity contribution in [3.05, 3.63) is 30.1 Å². The number of hydrogen-bond donors (Lipinski definition) is 5. The van der Waals surface area contributed by atoms with Crippen LogP contribution in [0.1, 0.15) is 43.7 Å². The van der Waals surface area contributed by atoms with Gasteiger partial charge in [0.05, 0.1) is 25.3 Å². The van der Waals surface area contributed by atoms with Crippen LogP contribution in [0.15, 0.2) is 29.5 Å². The maximum atomic E-state index is 12.0. The normalized spacial score (nSPS) is 11.7. The fraction of sp³-hybridized carbons (Fsp3) is 0.471. The number of nitrogens with two attached hydrogens (primary N) is 1. The van der Waals surface area contributed by atoms with Crippen LogP contribution in [0.3, 0.4) is 0 Å². The molecule has 1 rings (SSSR count). The van der Waals surface area contributed by atoms with Crippen LogP contribution in [-0.2, 0) is 14.4 Å². The van der Waals surface area contributed by atoms with E-state index in [0.717, 1.165) is 12.8 Å². The molecule has 6 N–H and O–H groups in total. The predicted octanol–water partition coefficient (Wildman–Crippen LogP) is -0.118. The zero-order valence-electron chi connectivity index (χ0n) is 15.1. The van der Waals surface area contributed by atoms with Crippen LogP contribution >= 0.6 is 0 Å². The van der Waals surface area contributed by atoms with Crippen LogP contribution in [0, 0.1) is 0 Å². The second kappa shape index (κ2) is 13.2. The highest BCUT2D eigenvalue weighted by molar-refractivity contribution is 5.85. The lowest BCUT2D eigenvalue weighted by molar-refractivity contribution is -0.138. The minimum atomic E-state index is -1.04. The van der Waals surface area contributed by atoms with Crippen LogP contribution in [0.2, 0.25) is 0 Å².